The third kappa shape index (κ3) is 3.14. The Hall–Kier alpha value is -1.67. The lowest BCUT2D eigenvalue weighted by Crippen LogP contribution is -2.05. The van der Waals surface area contributed by atoms with E-state index in [1.54, 1.807) is 12.1 Å². The summed E-state index contributed by atoms with van der Waals surface area (Å²) in [4.78, 5) is 15.9. The lowest BCUT2D eigenvalue weighted by Gasteiger charge is -2.01. The molecule has 1 aromatic heterocycles. The van der Waals surface area contributed by atoms with Gasteiger partial charge in [-0.2, -0.15) is 0 Å². The SMILES string of the molecule is Cc1ccc(CC(=O)c2ccc(Cl)cn2)cc1. The molecule has 3 heteroatoms. The Labute approximate surface area is 105 Å². The van der Waals surface area contributed by atoms with Crippen molar-refractivity contribution >= 4 is 17.4 Å². The number of hydrogen-bond donors (Lipinski definition) is 0. The van der Waals surface area contributed by atoms with Gasteiger partial charge in [0.1, 0.15) is 5.69 Å². The lowest BCUT2D eigenvalue weighted by molar-refractivity contribution is 0.0988. The van der Waals surface area contributed by atoms with Crippen LogP contribution in [0.25, 0.3) is 0 Å². The van der Waals surface area contributed by atoms with Crippen LogP contribution in [0.4, 0.5) is 0 Å². The summed E-state index contributed by atoms with van der Waals surface area (Å²) in [6.07, 6.45) is 1.86. The molecule has 1 aromatic carbocycles. The zero-order chi connectivity index (χ0) is 12.3. The van der Waals surface area contributed by atoms with Gasteiger partial charge in [-0.05, 0) is 24.6 Å². The fourth-order valence-corrected chi connectivity index (χ4v) is 1.63. The molecule has 2 rings (SSSR count). The van der Waals surface area contributed by atoms with Gasteiger partial charge in [0.15, 0.2) is 5.78 Å². The van der Waals surface area contributed by atoms with Gasteiger partial charge in [0.05, 0.1) is 5.02 Å². The number of benzene rings is 1. The van der Waals surface area contributed by atoms with Crippen LogP contribution >= 0.6 is 11.6 Å². The quantitative estimate of drug-likeness (QED) is 0.775. The molecule has 0 unspecified atom stereocenters. The fraction of sp³-hybridized carbons (Fsp3) is 0.143. The molecule has 17 heavy (non-hydrogen) atoms. The first kappa shape index (κ1) is 11.8. The molecule has 86 valence electrons. The second-order valence-electron chi connectivity index (χ2n) is 3.95. The zero-order valence-electron chi connectivity index (χ0n) is 9.48. The minimum absolute atomic E-state index is 0.00511. The summed E-state index contributed by atoms with van der Waals surface area (Å²) in [5.41, 5.74) is 2.64. The Morgan fingerprint density at radius 2 is 1.88 bits per heavy atom. The molecular weight excluding hydrogens is 234 g/mol. The van der Waals surface area contributed by atoms with Crippen LogP contribution < -0.4 is 0 Å². The van der Waals surface area contributed by atoms with Gasteiger partial charge in [0.25, 0.3) is 0 Å². The van der Waals surface area contributed by atoms with Crippen LogP contribution in [0.15, 0.2) is 42.6 Å². The number of carbonyl (C=O) groups excluding carboxylic acids is 1. The van der Waals surface area contributed by atoms with E-state index >= 15 is 0 Å². The molecule has 0 saturated heterocycles. The van der Waals surface area contributed by atoms with Crippen LogP contribution in [0, 0.1) is 6.92 Å². The molecule has 0 aliphatic heterocycles. The summed E-state index contributed by atoms with van der Waals surface area (Å²) >= 11 is 5.72. The minimum Gasteiger partial charge on any atom is -0.292 e. The normalized spacial score (nSPS) is 10.2. The number of pyridine rings is 1. The van der Waals surface area contributed by atoms with E-state index in [2.05, 4.69) is 4.98 Å². The van der Waals surface area contributed by atoms with E-state index in [4.69, 9.17) is 11.6 Å². The van der Waals surface area contributed by atoms with Crippen LogP contribution in [-0.4, -0.2) is 10.8 Å². The topological polar surface area (TPSA) is 30.0 Å². The maximum atomic E-state index is 11.9. The van der Waals surface area contributed by atoms with Gasteiger partial charge < -0.3 is 0 Å². The van der Waals surface area contributed by atoms with Crippen molar-refractivity contribution in [2.75, 3.05) is 0 Å². The van der Waals surface area contributed by atoms with Gasteiger partial charge in [-0.3, -0.25) is 9.78 Å². The molecule has 0 spiro atoms. The summed E-state index contributed by atoms with van der Waals surface area (Å²) in [6, 6.07) is 11.2. The predicted molar refractivity (Wildman–Crippen MR) is 68.5 cm³/mol. The number of nitrogens with zero attached hydrogens (tertiary/aromatic N) is 1. The van der Waals surface area contributed by atoms with Crippen molar-refractivity contribution in [3.05, 3.63) is 64.4 Å². The van der Waals surface area contributed by atoms with Crippen molar-refractivity contribution in [2.24, 2.45) is 0 Å². The number of halogens is 1. The molecule has 0 N–H and O–H groups in total. The molecule has 0 aliphatic carbocycles. The van der Waals surface area contributed by atoms with E-state index in [1.807, 2.05) is 31.2 Å². The molecule has 0 fully saturated rings. The number of rotatable bonds is 3. The molecule has 2 aromatic rings. The monoisotopic (exact) mass is 245 g/mol. The number of aryl methyl sites for hydroxylation is 1. The summed E-state index contributed by atoms with van der Waals surface area (Å²) in [7, 11) is 0. The molecule has 0 saturated carbocycles. The number of aromatic nitrogens is 1. The van der Waals surface area contributed by atoms with Crippen molar-refractivity contribution in [3.8, 4) is 0 Å². The first-order valence-corrected chi connectivity index (χ1v) is 5.73. The van der Waals surface area contributed by atoms with E-state index in [9.17, 15) is 4.79 Å². The second kappa shape index (κ2) is 5.11. The van der Waals surface area contributed by atoms with Crippen LogP contribution in [-0.2, 0) is 6.42 Å². The lowest BCUT2D eigenvalue weighted by atomic mass is 10.1. The van der Waals surface area contributed by atoms with Crippen molar-refractivity contribution in [3.63, 3.8) is 0 Å². The van der Waals surface area contributed by atoms with Crippen LogP contribution in [0.3, 0.4) is 0 Å². The first-order valence-electron chi connectivity index (χ1n) is 5.35. The van der Waals surface area contributed by atoms with Gasteiger partial charge in [0.2, 0.25) is 0 Å². The van der Waals surface area contributed by atoms with E-state index in [1.165, 1.54) is 11.8 Å². The molecular formula is C14H12ClNO. The fourth-order valence-electron chi connectivity index (χ4n) is 1.52. The van der Waals surface area contributed by atoms with E-state index in [0.29, 0.717) is 17.1 Å². The summed E-state index contributed by atoms with van der Waals surface area (Å²) in [6.45, 7) is 2.02. The predicted octanol–water partition coefficient (Wildman–Crippen LogP) is 3.47. The number of Topliss-reactive ketones (excluding diaryl/α,β-unsaturated/α-hetero) is 1. The zero-order valence-corrected chi connectivity index (χ0v) is 10.2. The van der Waals surface area contributed by atoms with E-state index < -0.39 is 0 Å². The Balaban J connectivity index is 2.11. The minimum atomic E-state index is 0.00511. The third-order valence-electron chi connectivity index (χ3n) is 2.50. The molecule has 1 heterocycles. The molecule has 0 aliphatic rings. The molecule has 2 nitrogen and oxygen atoms in total. The molecule has 0 atom stereocenters. The van der Waals surface area contributed by atoms with Gasteiger partial charge in [0, 0.05) is 12.6 Å². The van der Waals surface area contributed by atoms with Gasteiger partial charge in [-0.1, -0.05) is 41.4 Å². The highest BCUT2D eigenvalue weighted by molar-refractivity contribution is 6.30. The Morgan fingerprint density at radius 3 is 2.47 bits per heavy atom. The highest BCUT2D eigenvalue weighted by atomic mass is 35.5. The van der Waals surface area contributed by atoms with E-state index in [-0.39, 0.29) is 5.78 Å². The Kier molecular flexibility index (Phi) is 3.55. The van der Waals surface area contributed by atoms with Crippen LogP contribution in [0.1, 0.15) is 21.6 Å². The Morgan fingerprint density at radius 1 is 1.18 bits per heavy atom. The maximum Gasteiger partial charge on any atom is 0.185 e. The van der Waals surface area contributed by atoms with Gasteiger partial charge in [-0.25, -0.2) is 0 Å². The maximum absolute atomic E-state index is 11.9. The highest BCUT2D eigenvalue weighted by Crippen LogP contribution is 2.10. The third-order valence-corrected chi connectivity index (χ3v) is 2.72. The van der Waals surface area contributed by atoms with Crippen molar-refractivity contribution in [2.45, 2.75) is 13.3 Å². The number of ketones is 1. The summed E-state index contributed by atoms with van der Waals surface area (Å²) in [5.74, 6) is 0.00511. The molecule has 0 bridgehead atoms. The smallest absolute Gasteiger partial charge is 0.185 e. The van der Waals surface area contributed by atoms with Gasteiger partial charge >= 0.3 is 0 Å². The summed E-state index contributed by atoms with van der Waals surface area (Å²) in [5, 5.41) is 0.539. The largest absolute Gasteiger partial charge is 0.292 e. The van der Waals surface area contributed by atoms with Crippen LogP contribution in [0.5, 0.6) is 0 Å². The van der Waals surface area contributed by atoms with Crippen LogP contribution in [0.2, 0.25) is 5.02 Å². The van der Waals surface area contributed by atoms with Crippen molar-refractivity contribution in [1.29, 1.82) is 0 Å². The summed E-state index contributed by atoms with van der Waals surface area (Å²) < 4.78 is 0. The molecule has 0 radical (unpaired) electrons. The second-order valence-corrected chi connectivity index (χ2v) is 4.38. The average Bonchev–Trinajstić information content (AvgIpc) is 2.33. The number of hydrogen-bond acceptors (Lipinski definition) is 2. The Bertz CT molecular complexity index is 517. The molecule has 0 amide bonds. The highest BCUT2D eigenvalue weighted by Gasteiger charge is 2.08. The standard InChI is InChI=1S/C14H12ClNO/c1-10-2-4-11(5-3-10)8-14(17)13-7-6-12(15)9-16-13/h2-7,9H,8H2,1H3. The average molecular weight is 246 g/mol. The first-order chi connectivity index (χ1) is 8.15. The van der Waals surface area contributed by atoms with Crippen molar-refractivity contribution < 1.29 is 4.79 Å². The van der Waals surface area contributed by atoms with Crippen molar-refractivity contribution in [1.82, 2.24) is 4.98 Å². The van der Waals surface area contributed by atoms with Gasteiger partial charge in [-0.15, -0.1) is 0 Å². The van der Waals surface area contributed by atoms with E-state index in [0.717, 1.165) is 5.56 Å². The number of carbonyl (C=O) groups is 1.